The Hall–Kier alpha value is -0.320. The van der Waals surface area contributed by atoms with Crippen LogP contribution in [0.5, 0.6) is 0 Å². The molecule has 0 bridgehead atoms. The molecule has 1 aromatic rings. The third-order valence-corrected chi connectivity index (χ3v) is 3.37. The van der Waals surface area contributed by atoms with E-state index in [1.165, 1.54) is 12.8 Å². The van der Waals surface area contributed by atoms with E-state index in [9.17, 15) is 0 Å². The van der Waals surface area contributed by atoms with Crippen LogP contribution in [-0.4, -0.2) is 24.5 Å². The minimum absolute atomic E-state index is 0.664. The average Bonchev–Trinajstić information content (AvgIpc) is 2.64. The van der Waals surface area contributed by atoms with E-state index in [0.717, 1.165) is 36.6 Å². The van der Waals surface area contributed by atoms with E-state index in [2.05, 4.69) is 20.8 Å². The van der Waals surface area contributed by atoms with E-state index in [0.29, 0.717) is 5.92 Å². The van der Waals surface area contributed by atoms with E-state index >= 15 is 0 Å². The summed E-state index contributed by atoms with van der Waals surface area (Å²) in [5, 5.41) is 0. The first-order valence-electron chi connectivity index (χ1n) is 5.44. The molecular formula is C11H17BrN2O. The van der Waals surface area contributed by atoms with Gasteiger partial charge in [-0.1, -0.05) is 0 Å². The van der Waals surface area contributed by atoms with E-state index in [1.54, 1.807) is 0 Å². The van der Waals surface area contributed by atoms with E-state index < -0.39 is 0 Å². The van der Waals surface area contributed by atoms with Crippen molar-refractivity contribution in [3.8, 4) is 0 Å². The Bertz CT molecular complexity index is 313. The smallest absolute Gasteiger partial charge is 0.169 e. The summed E-state index contributed by atoms with van der Waals surface area (Å²) in [7, 11) is 0. The minimum atomic E-state index is 0.664. The average molecular weight is 273 g/mol. The van der Waals surface area contributed by atoms with Crippen LogP contribution in [0.1, 0.15) is 18.6 Å². The van der Waals surface area contributed by atoms with Crippen LogP contribution < -0.4 is 5.73 Å². The maximum atomic E-state index is 5.71. The second-order valence-electron chi connectivity index (χ2n) is 4.18. The van der Waals surface area contributed by atoms with Gasteiger partial charge in [0.25, 0.3) is 0 Å². The van der Waals surface area contributed by atoms with Gasteiger partial charge in [0.2, 0.25) is 0 Å². The molecule has 0 radical (unpaired) electrons. The van der Waals surface area contributed by atoms with E-state index in [4.69, 9.17) is 10.2 Å². The molecule has 1 aromatic heterocycles. The van der Waals surface area contributed by atoms with Gasteiger partial charge in [0.05, 0.1) is 6.54 Å². The fourth-order valence-electron chi connectivity index (χ4n) is 2.14. The van der Waals surface area contributed by atoms with Gasteiger partial charge in [-0.3, -0.25) is 4.90 Å². The van der Waals surface area contributed by atoms with Gasteiger partial charge in [-0.25, -0.2) is 0 Å². The van der Waals surface area contributed by atoms with Crippen LogP contribution in [0.25, 0.3) is 0 Å². The van der Waals surface area contributed by atoms with Crippen LogP contribution in [0.15, 0.2) is 21.2 Å². The summed E-state index contributed by atoms with van der Waals surface area (Å²) in [5.74, 6) is 1.69. The molecule has 84 valence electrons. The number of halogens is 1. The molecule has 2 heterocycles. The molecule has 0 aromatic carbocycles. The van der Waals surface area contributed by atoms with E-state index in [-0.39, 0.29) is 0 Å². The van der Waals surface area contributed by atoms with Crippen LogP contribution in [0, 0.1) is 5.92 Å². The van der Waals surface area contributed by atoms with Crippen molar-refractivity contribution in [3.05, 3.63) is 22.6 Å². The standard InChI is InChI=1S/C11H17BrN2O/c12-11-4-3-10(15-11)8-14-5-1-2-9(6-13)7-14/h3-4,9H,1-2,5-8,13H2/t9-/m1/s1. The largest absolute Gasteiger partial charge is 0.453 e. The zero-order valence-corrected chi connectivity index (χ0v) is 10.4. The molecular weight excluding hydrogens is 256 g/mol. The van der Waals surface area contributed by atoms with Crippen molar-refractivity contribution in [3.63, 3.8) is 0 Å². The maximum absolute atomic E-state index is 5.71. The molecule has 1 aliphatic rings. The summed E-state index contributed by atoms with van der Waals surface area (Å²) in [4.78, 5) is 2.42. The number of nitrogens with two attached hydrogens (primary N) is 1. The number of furan rings is 1. The molecule has 0 aliphatic carbocycles. The monoisotopic (exact) mass is 272 g/mol. The van der Waals surface area contributed by atoms with Crippen LogP contribution >= 0.6 is 15.9 Å². The molecule has 1 fully saturated rings. The van der Waals surface area contributed by atoms with Gasteiger partial charge < -0.3 is 10.2 Å². The van der Waals surface area contributed by atoms with Crippen molar-refractivity contribution in [2.75, 3.05) is 19.6 Å². The predicted octanol–water partition coefficient (Wildman–Crippen LogP) is 2.21. The summed E-state index contributed by atoms with van der Waals surface area (Å²) in [6, 6.07) is 3.97. The van der Waals surface area contributed by atoms with Gasteiger partial charge in [0.1, 0.15) is 5.76 Å². The molecule has 1 aliphatic heterocycles. The van der Waals surface area contributed by atoms with Crippen LogP contribution in [-0.2, 0) is 6.54 Å². The van der Waals surface area contributed by atoms with Crippen molar-refractivity contribution < 1.29 is 4.42 Å². The van der Waals surface area contributed by atoms with Gasteiger partial charge in [-0.15, -0.1) is 0 Å². The number of rotatable bonds is 3. The molecule has 0 unspecified atom stereocenters. The summed E-state index contributed by atoms with van der Waals surface area (Å²) < 4.78 is 6.31. The van der Waals surface area contributed by atoms with Gasteiger partial charge in [-0.05, 0) is 59.9 Å². The fourth-order valence-corrected chi connectivity index (χ4v) is 2.48. The van der Waals surface area contributed by atoms with Crippen molar-refractivity contribution in [2.24, 2.45) is 11.7 Å². The molecule has 4 heteroatoms. The Balaban J connectivity index is 1.88. The Morgan fingerprint density at radius 3 is 3.07 bits per heavy atom. The second-order valence-corrected chi connectivity index (χ2v) is 4.97. The highest BCUT2D eigenvalue weighted by molar-refractivity contribution is 9.10. The summed E-state index contributed by atoms with van der Waals surface area (Å²) in [6.45, 7) is 3.98. The SMILES string of the molecule is NC[C@H]1CCCN(Cc2ccc(Br)o2)C1. The highest BCUT2D eigenvalue weighted by Crippen LogP contribution is 2.20. The minimum Gasteiger partial charge on any atom is -0.453 e. The van der Waals surface area contributed by atoms with Crippen LogP contribution in [0.3, 0.4) is 0 Å². The number of hydrogen-bond acceptors (Lipinski definition) is 3. The lowest BCUT2D eigenvalue weighted by Gasteiger charge is -2.31. The third kappa shape index (κ3) is 3.06. The molecule has 1 saturated heterocycles. The summed E-state index contributed by atoms with van der Waals surface area (Å²) >= 11 is 3.32. The van der Waals surface area contributed by atoms with Crippen LogP contribution in [0.2, 0.25) is 0 Å². The Morgan fingerprint density at radius 2 is 2.40 bits per heavy atom. The lowest BCUT2D eigenvalue weighted by molar-refractivity contribution is 0.160. The number of piperidine rings is 1. The first-order chi connectivity index (χ1) is 7.28. The Morgan fingerprint density at radius 1 is 1.53 bits per heavy atom. The second kappa shape index (κ2) is 5.14. The normalized spacial score (nSPS) is 23.2. The number of hydrogen-bond donors (Lipinski definition) is 1. The van der Waals surface area contributed by atoms with Crippen molar-refractivity contribution in [1.29, 1.82) is 0 Å². The molecule has 3 nitrogen and oxygen atoms in total. The molecule has 15 heavy (non-hydrogen) atoms. The quantitative estimate of drug-likeness (QED) is 0.918. The molecule has 0 amide bonds. The fraction of sp³-hybridized carbons (Fsp3) is 0.636. The number of nitrogens with zero attached hydrogens (tertiary/aromatic N) is 1. The van der Waals surface area contributed by atoms with Gasteiger partial charge in [0.15, 0.2) is 4.67 Å². The molecule has 0 spiro atoms. The van der Waals surface area contributed by atoms with Crippen molar-refractivity contribution >= 4 is 15.9 Å². The highest BCUT2D eigenvalue weighted by atomic mass is 79.9. The summed E-state index contributed by atoms with van der Waals surface area (Å²) in [5.41, 5.74) is 5.71. The topological polar surface area (TPSA) is 42.4 Å². The third-order valence-electron chi connectivity index (χ3n) is 2.94. The Labute approximate surface area is 98.7 Å². The first kappa shape index (κ1) is 11.2. The Kier molecular flexibility index (Phi) is 3.83. The predicted molar refractivity (Wildman–Crippen MR) is 63.5 cm³/mol. The van der Waals surface area contributed by atoms with Gasteiger partial charge >= 0.3 is 0 Å². The lowest BCUT2D eigenvalue weighted by atomic mass is 9.98. The van der Waals surface area contributed by atoms with Crippen molar-refractivity contribution in [2.45, 2.75) is 19.4 Å². The zero-order valence-electron chi connectivity index (χ0n) is 8.79. The number of likely N-dealkylation sites (tertiary alicyclic amines) is 1. The van der Waals surface area contributed by atoms with Crippen LogP contribution in [0.4, 0.5) is 0 Å². The van der Waals surface area contributed by atoms with E-state index in [1.807, 2.05) is 12.1 Å². The molecule has 0 saturated carbocycles. The summed E-state index contributed by atoms with van der Waals surface area (Å²) in [6.07, 6.45) is 2.53. The molecule has 2 rings (SSSR count). The van der Waals surface area contributed by atoms with Gasteiger partial charge in [-0.2, -0.15) is 0 Å². The first-order valence-corrected chi connectivity index (χ1v) is 6.24. The van der Waals surface area contributed by atoms with Gasteiger partial charge in [0, 0.05) is 6.54 Å². The highest BCUT2D eigenvalue weighted by Gasteiger charge is 2.19. The zero-order chi connectivity index (χ0) is 10.7. The molecule has 1 atom stereocenters. The lowest BCUT2D eigenvalue weighted by Crippen LogP contribution is -2.37. The molecule has 2 N–H and O–H groups in total. The van der Waals surface area contributed by atoms with Crippen molar-refractivity contribution in [1.82, 2.24) is 4.90 Å². The maximum Gasteiger partial charge on any atom is 0.169 e.